The molecular weight excluding hydrogens is 123 g/mol. The summed E-state index contributed by atoms with van der Waals surface area (Å²) in [5.41, 5.74) is 0. The zero-order valence-corrected chi connectivity index (χ0v) is 8.30. The Morgan fingerprint density at radius 2 is 0.778 bits per heavy atom. The van der Waals surface area contributed by atoms with Gasteiger partial charge in [0, 0.05) is 0 Å². The molecule has 1 radical (unpaired) electrons. The zero-order valence-electron chi connectivity index (χ0n) is 7.15. The van der Waals surface area contributed by atoms with Crippen molar-refractivity contribution in [1.82, 2.24) is 0 Å². The van der Waals surface area contributed by atoms with Crippen molar-refractivity contribution < 1.29 is 0 Å². The smallest absolute Gasteiger partial charge is 0.341 e. The number of hydrogen-bond acceptors (Lipinski definition) is 0. The maximum atomic E-state index is 3.64. The Labute approximate surface area is 71.2 Å². The van der Waals surface area contributed by atoms with E-state index in [-0.39, 0.29) is 17.4 Å². The van der Waals surface area contributed by atoms with Gasteiger partial charge in [0.05, 0.1) is 0 Å². The summed E-state index contributed by atoms with van der Waals surface area (Å²) >= 11 is 0. The van der Waals surface area contributed by atoms with Crippen LogP contribution in [0.5, 0.6) is 0 Å². The van der Waals surface area contributed by atoms with E-state index in [1.807, 2.05) is 0 Å². The van der Waals surface area contributed by atoms with Gasteiger partial charge in [0.2, 0.25) is 0 Å². The van der Waals surface area contributed by atoms with Crippen molar-refractivity contribution in [3.8, 4) is 0 Å². The standard InChI is InChI=1S/2C4H9.Al/c2*1-4(2)3;/h2*4H,1H2,2-3H3;/q2*-1;+2. The van der Waals surface area contributed by atoms with E-state index in [2.05, 4.69) is 41.5 Å². The summed E-state index contributed by atoms with van der Waals surface area (Å²) in [4.78, 5) is 0. The average Bonchev–Trinajstić information content (AvgIpc) is 1.25. The molecule has 53 valence electrons. The van der Waals surface area contributed by atoms with Crippen LogP contribution >= 0.6 is 0 Å². The minimum Gasteiger partial charge on any atom is -0.341 e. The van der Waals surface area contributed by atoms with E-state index >= 15 is 0 Å². The van der Waals surface area contributed by atoms with Crippen LogP contribution in [0.3, 0.4) is 0 Å². The molecule has 0 atom stereocenters. The summed E-state index contributed by atoms with van der Waals surface area (Å²) in [6.07, 6.45) is 0. The van der Waals surface area contributed by atoms with Gasteiger partial charge in [-0.25, -0.2) is 0 Å². The van der Waals surface area contributed by atoms with Crippen LogP contribution in [0.4, 0.5) is 0 Å². The van der Waals surface area contributed by atoms with E-state index in [4.69, 9.17) is 0 Å². The largest absolute Gasteiger partial charge is 2.00 e. The van der Waals surface area contributed by atoms with Gasteiger partial charge in [-0.2, -0.15) is 11.8 Å². The summed E-state index contributed by atoms with van der Waals surface area (Å²) in [7, 11) is 0. The molecular formula is C8H18Al. The SMILES string of the molecule is [Al+2].[CH2-]C(C)C.[CH2-]C(C)C. The zero-order chi connectivity index (χ0) is 7.15. The van der Waals surface area contributed by atoms with E-state index in [1.54, 1.807) is 0 Å². The van der Waals surface area contributed by atoms with E-state index in [9.17, 15) is 0 Å². The first-order chi connectivity index (χ1) is 3.46. The normalized spacial score (nSPS) is 8.00. The molecule has 0 unspecified atom stereocenters. The minimum absolute atomic E-state index is 0. The molecule has 0 nitrogen and oxygen atoms in total. The van der Waals surface area contributed by atoms with E-state index in [1.165, 1.54) is 0 Å². The molecule has 1 heteroatoms. The third-order valence-electron chi connectivity index (χ3n) is 0. The Bertz CT molecular complexity index is 20.0. The molecule has 0 amide bonds. The maximum Gasteiger partial charge on any atom is 2.00 e. The fraction of sp³-hybridized carbons (Fsp3) is 0.750. The van der Waals surface area contributed by atoms with Crippen LogP contribution in [-0.4, -0.2) is 17.4 Å². The second-order valence-corrected chi connectivity index (χ2v) is 2.79. The van der Waals surface area contributed by atoms with Crippen molar-refractivity contribution in [1.29, 1.82) is 0 Å². The molecule has 0 saturated heterocycles. The van der Waals surface area contributed by atoms with Gasteiger partial charge in [0.1, 0.15) is 0 Å². The Kier molecular flexibility index (Phi) is 20.5. The second kappa shape index (κ2) is 11.3. The van der Waals surface area contributed by atoms with Crippen LogP contribution in [0.15, 0.2) is 0 Å². The molecule has 0 aliphatic rings. The van der Waals surface area contributed by atoms with Gasteiger partial charge in [-0.3, -0.25) is 0 Å². The molecule has 0 aromatic rings. The molecule has 0 aliphatic heterocycles. The Morgan fingerprint density at radius 1 is 0.778 bits per heavy atom. The first-order valence-corrected chi connectivity index (χ1v) is 3.13. The van der Waals surface area contributed by atoms with Crippen LogP contribution in [-0.2, 0) is 0 Å². The quantitative estimate of drug-likeness (QED) is 0.359. The van der Waals surface area contributed by atoms with E-state index in [0.717, 1.165) is 0 Å². The van der Waals surface area contributed by atoms with Gasteiger partial charge >= 0.3 is 17.4 Å². The summed E-state index contributed by atoms with van der Waals surface area (Å²) in [5.74, 6) is 1.17. The molecule has 0 spiro atoms. The molecule has 9 heavy (non-hydrogen) atoms. The Morgan fingerprint density at radius 3 is 0.778 bits per heavy atom. The molecule has 0 N–H and O–H groups in total. The monoisotopic (exact) mass is 141 g/mol. The summed E-state index contributed by atoms with van der Waals surface area (Å²) in [5, 5.41) is 0. The van der Waals surface area contributed by atoms with Gasteiger partial charge in [-0.15, -0.1) is 0 Å². The van der Waals surface area contributed by atoms with Crippen LogP contribution in [0.2, 0.25) is 0 Å². The fourth-order valence-electron chi connectivity index (χ4n) is 0. The molecule has 0 fully saturated rings. The molecule has 0 heterocycles. The molecule has 0 saturated carbocycles. The Hall–Kier alpha value is 0.532. The van der Waals surface area contributed by atoms with Crippen LogP contribution in [0.25, 0.3) is 0 Å². The summed E-state index contributed by atoms with van der Waals surface area (Å²) in [6.45, 7) is 15.5. The van der Waals surface area contributed by atoms with Crippen molar-refractivity contribution in [3.05, 3.63) is 13.8 Å². The van der Waals surface area contributed by atoms with E-state index < -0.39 is 0 Å². The van der Waals surface area contributed by atoms with Crippen molar-refractivity contribution in [2.45, 2.75) is 27.7 Å². The first-order valence-electron chi connectivity index (χ1n) is 3.13. The minimum atomic E-state index is 0. The van der Waals surface area contributed by atoms with Gasteiger partial charge in [0.15, 0.2) is 0 Å². The average molecular weight is 141 g/mol. The molecule has 0 aromatic carbocycles. The van der Waals surface area contributed by atoms with Crippen molar-refractivity contribution in [2.24, 2.45) is 11.8 Å². The summed E-state index contributed by atoms with van der Waals surface area (Å²) in [6, 6.07) is 0. The molecule has 0 aromatic heterocycles. The number of rotatable bonds is 0. The summed E-state index contributed by atoms with van der Waals surface area (Å²) < 4.78 is 0. The molecule has 0 bridgehead atoms. The van der Waals surface area contributed by atoms with E-state index in [0.29, 0.717) is 11.8 Å². The van der Waals surface area contributed by atoms with Crippen LogP contribution < -0.4 is 0 Å². The second-order valence-electron chi connectivity index (χ2n) is 2.79. The van der Waals surface area contributed by atoms with Crippen molar-refractivity contribution in [2.75, 3.05) is 0 Å². The van der Waals surface area contributed by atoms with Gasteiger partial charge in [-0.1, -0.05) is 27.7 Å². The van der Waals surface area contributed by atoms with Gasteiger partial charge in [0.25, 0.3) is 0 Å². The van der Waals surface area contributed by atoms with Crippen molar-refractivity contribution >= 4 is 17.4 Å². The predicted octanol–water partition coefficient (Wildman–Crippen LogP) is 2.57. The third-order valence-corrected chi connectivity index (χ3v) is 0. The maximum absolute atomic E-state index is 3.64. The fourth-order valence-corrected chi connectivity index (χ4v) is 0. The third kappa shape index (κ3) is 1280. The van der Waals surface area contributed by atoms with Crippen LogP contribution in [0, 0.1) is 25.7 Å². The molecule has 0 aliphatic carbocycles. The predicted molar refractivity (Wildman–Crippen MR) is 46.1 cm³/mol. The first kappa shape index (κ1) is 16.3. The van der Waals surface area contributed by atoms with Gasteiger partial charge < -0.3 is 13.8 Å². The number of hydrogen-bond donors (Lipinski definition) is 0. The topological polar surface area (TPSA) is 0 Å². The molecule has 0 rings (SSSR count). The Balaban J connectivity index is -0.0000000720. The van der Waals surface area contributed by atoms with Crippen LogP contribution in [0.1, 0.15) is 27.7 Å². The van der Waals surface area contributed by atoms with Gasteiger partial charge in [-0.05, 0) is 0 Å². The van der Waals surface area contributed by atoms with Crippen molar-refractivity contribution in [3.63, 3.8) is 0 Å².